The van der Waals surface area contributed by atoms with Gasteiger partial charge in [-0.2, -0.15) is 0 Å². The highest BCUT2D eigenvalue weighted by molar-refractivity contribution is 6.30. The van der Waals surface area contributed by atoms with Gasteiger partial charge in [-0.1, -0.05) is 17.7 Å². The molecule has 0 heterocycles. The monoisotopic (exact) mass is 306 g/mol. The Morgan fingerprint density at radius 3 is 2.67 bits per heavy atom. The van der Waals surface area contributed by atoms with Gasteiger partial charge in [-0.25, -0.2) is 0 Å². The lowest BCUT2D eigenvalue weighted by Gasteiger charge is -2.13. The van der Waals surface area contributed by atoms with Gasteiger partial charge in [0.05, 0.1) is 11.0 Å². The van der Waals surface area contributed by atoms with E-state index < -0.39 is 4.92 Å². The molecule has 6 heteroatoms. The molecule has 0 saturated heterocycles. The van der Waals surface area contributed by atoms with Gasteiger partial charge in [0.1, 0.15) is 11.5 Å². The molecule has 0 spiro atoms. The summed E-state index contributed by atoms with van der Waals surface area (Å²) in [6.07, 6.45) is 0. The lowest BCUT2D eigenvalue weighted by atomic mass is 10.1. The molecule has 0 aliphatic carbocycles. The van der Waals surface area contributed by atoms with Crippen LogP contribution in [-0.4, -0.2) is 12.0 Å². The van der Waals surface area contributed by atoms with Gasteiger partial charge in [-0.05, 0) is 37.7 Å². The Labute approximate surface area is 127 Å². The fourth-order valence-corrected chi connectivity index (χ4v) is 2.05. The molecule has 0 saturated carbocycles. The van der Waals surface area contributed by atoms with E-state index in [9.17, 15) is 10.1 Å². The number of rotatable bonds is 5. The number of nitrogens with zero attached hydrogens (tertiary/aromatic N) is 1. The Balaban J connectivity index is 2.39. The maximum atomic E-state index is 10.9. The van der Waals surface area contributed by atoms with Gasteiger partial charge in [0, 0.05) is 23.2 Å². The number of ether oxygens (including phenoxy) is 1. The van der Waals surface area contributed by atoms with E-state index in [1.165, 1.54) is 12.1 Å². The van der Waals surface area contributed by atoms with E-state index in [2.05, 4.69) is 5.32 Å². The molecule has 0 aliphatic heterocycles. The zero-order valence-corrected chi connectivity index (χ0v) is 12.5. The third-order valence-electron chi connectivity index (χ3n) is 3.00. The minimum atomic E-state index is -0.446. The normalized spacial score (nSPS) is 10.4. The van der Waals surface area contributed by atoms with E-state index in [0.29, 0.717) is 23.1 Å². The fourth-order valence-electron chi connectivity index (χ4n) is 1.89. The molecule has 0 aliphatic rings. The number of nitro groups is 1. The summed E-state index contributed by atoms with van der Waals surface area (Å²) in [4.78, 5) is 10.4. The van der Waals surface area contributed by atoms with Gasteiger partial charge >= 0.3 is 0 Å². The van der Waals surface area contributed by atoms with Crippen molar-refractivity contribution in [3.8, 4) is 11.5 Å². The predicted molar refractivity (Wildman–Crippen MR) is 82.1 cm³/mol. The summed E-state index contributed by atoms with van der Waals surface area (Å²) in [6, 6.07) is 9.87. The van der Waals surface area contributed by atoms with Crippen LogP contribution in [-0.2, 0) is 6.54 Å². The first-order valence-corrected chi connectivity index (χ1v) is 6.75. The van der Waals surface area contributed by atoms with E-state index in [1.807, 2.05) is 20.0 Å². The van der Waals surface area contributed by atoms with Crippen molar-refractivity contribution >= 4 is 17.3 Å². The van der Waals surface area contributed by atoms with Gasteiger partial charge in [0.25, 0.3) is 5.69 Å². The summed E-state index contributed by atoms with van der Waals surface area (Å²) < 4.78 is 5.84. The van der Waals surface area contributed by atoms with Crippen molar-refractivity contribution in [2.75, 3.05) is 7.05 Å². The first-order chi connectivity index (χ1) is 10.0. The molecule has 110 valence electrons. The standard InChI is InChI=1S/C15H15ClN2O3/c1-10-3-6-13(18(19)20)8-14(10)21-15-7-12(16)5-4-11(15)9-17-2/h3-8,17H,9H2,1-2H3. The van der Waals surface area contributed by atoms with Gasteiger partial charge in [-0.3, -0.25) is 10.1 Å². The predicted octanol–water partition coefficient (Wildman–Crippen LogP) is 4.07. The van der Waals surface area contributed by atoms with Crippen LogP contribution in [0.3, 0.4) is 0 Å². The van der Waals surface area contributed by atoms with Crippen molar-refractivity contribution in [2.24, 2.45) is 0 Å². The summed E-state index contributed by atoms with van der Waals surface area (Å²) in [5.41, 5.74) is 1.73. The lowest BCUT2D eigenvalue weighted by Crippen LogP contribution is -2.06. The Kier molecular flexibility index (Phi) is 4.77. The van der Waals surface area contributed by atoms with Crippen LogP contribution in [0.25, 0.3) is 0 Å². The van der Waals surface area contributed by atoms with Gasteiger partial charge in [0.15, 0.2) is 0 Å². The van der Waals surface area contributed by atoms with Gasteiger partial charge < -0.3 is 10.1 Å². The third kappa shape index (κ3) is 3.71. The van der Waals surface area contributed by atoms with Crippen molar-refractivity contribution in [3.05, 3.63) is 62.7 Å². The molecule has 0 amide bonds. The largest absolute Gasteiger partial charge is 0.456 e. The lowest BCUT2D eigenvalue weighted by molar-refractivity contribution is -0.384. The average Bonchev–Trinajstić information content (AvgIpc) is 2.44. The molecule has 5 nitrogen and oxygen atoms in total. The minimum absolute atomic E-state index is 0.00667. The molecule has 0 fully saturated rings. The van der Waals surface area contributed by atoms with E-state index in [4.69, 9.17) is 16.3 Å². The van der Waals surface area contributed by atoms with Crippen LogP contribution in [0.4, 0.5) is 5.69 Å². The van der Waals surface area contributed by atoms with Crippen LogP contribution >= 0.6 is 11.6 Å². The summed E-state index contributed by atoms with van der Waals surface area (Å²) >= 11 is 6.00. The second kappa shape index (κ2) is 6.56. The summed E-state index contributed by atoms with van der Waals surface area (Å²) in [7, 11) is 1.83. The van der Waals surface area contributed by atoms with Crippen molar-refractivity contribution < 1.29 is 9.66 Å². The topological polar surface area (TPSA) is 64.4 Å². The molecule has 21 heavy (non-hydrogen) atoms. The van der Waals surface area contributed by atoms with E-state index in [0.717, 1.165) is 11.1 Å². The molecular formula is C15H15ClN2O3. The number of nitrogens with one attached hydrogen (secondary N) is 1. The highest BCUT2D eigenvalue weighted by Gasteiger charge is 2.12. The van der Waals surface area contributed by atoms with Gasteiger partial charge in [-0.15, -0.1) is 0 Å². The number of hydrogen-bond acceptors (Lipinski definition) is 4. The molecule has 0 unspecified atom stereocenters. The second-order valence-electron chi connectivity index (χ2n) is 4.59. The van der Waals surface area contributed by atoms with E-state index in [-0.39, 0.29) is 5.69 Å². The maximum absolute atomic E-state index is 10.9. The number of hydrogen-bond donors (Lipinski definition) is 1. The smallest absolute Gasteiger partial charge is 0.273 e. The van der Waals surface area contributed by atoms with Crippen molar-refractivity contribution in [1.29, 1.82) is 0 Å². The molecular weight excluding hydrogens is 292 g/mol. The van der Waals surface area contributed by atoms with Crippen LogP contribution in [0.1, 0.15) is 11.1 Å². The van der Waals surface area contributed by atoms with Crippen molar-refractivity contribution in [1.82, 2.24) is 5.32 Å². The highest BCUT2D eigenvalue weighted by Crippen LogP contribution is 2.32. The number of benzene rings is 2. The van der Waals surface area contributed by atoms with E-state index in [1.54, 1.807) is 18.2 Å². The zero-order chi connectivity index (χ0) is 15.4. The molecule has 2 rings (SSSR count). The molecule has 0 bridgehead atoms. The SMILES string of the molecule is CNCc1ccc(Cl)cc1Oc1cc([N+](=O)[O-])ccc1C. The number of non-ortho nitro benzene ring substituents is 1. The molecule has 0 radical (unpaired) electrons. The zero-order valence-electron chi connectivity index (χ0n) is 11.7. The molecule has 0 aromatic heterocycles. The van der Waals surface area contributed by atoms with Crippen molar-refractivity contribution in [2.45, 2.75) is 13.5 Å². The number of nitro benzene ring substituents is 1. The fraction of sp³-hybridized carbons (Fsp3) is 0.200. The van der Waals surface area contributed by atoms with Crippen LogP contribution in [0.2, 0.25) is 5.02 Å². The van der Waals surface area contributed by atoms with Crippen LogP contribution < -0.4 is 10.1 Å². The Bertz CT molecular complexity index is 674. The Morgan fingerprint density at radius 2 is 2.00 bits per heavy atom. The molecule has 2 aromatic rings. The minimum Gasteiger partial charge on any atom is -0.456 e. The first-order valence-electron chi connectivity index (χ1n) is 6.37. The summed E-state index contributed by atoms with van der Waals surface area (Å²) in [5, 5.41) is 14.5. The highest BCUT2D eigenvalue weighted by atomic mass is 35.5. The third-order valence-corrected chi connectivity index (χ3v) is 3.23. The molecule has 0 atom stereocenters. The summed E-state index contributed by atoms with van der Waals surface area (Å²) in [5.74, 6) is 1.03. The molecule has 1 N–H and O–H groups in total. The molecule has 2 aromatic carbocycles. The van der Waals surface area contributed by atoms with Crippen LogP contribution in [0, 0.1) is 17.0 Å². The quantitative estimate of drug-likeness (QED) is 0.668. The Hall–Kier alpha value is -2.11. The maximum Gasteiger partial charge on any atom is 0.273 e. The first kappa shape index (κ1) is 15.3. The Morgan fingerprint density at radius 1 is 1.24 bits per heavy atom. The van der Waals surface area contributed by atoms with Crippen LogP contribution in [0.5, 0.6) is 11.5 Å². The average molecular weight is 307 g/mol. The van der Waals surface area contributed by atoms with Crippen LogP contribution in [0.15, 0.2) is 36.4 Å². The number of aryl methyl sites for hydroxylation is 1. The summed E-state index contributed by atoms with van der Waals surface area (Å²) in [6.45, 7) is 2.45. The van der Waals surface area contributed by atoms with Gasteiger partial charge in [0.2, 0.25) is 0 Å². The number of halogens is 1. The van der Waals surface area contributed by atoms with E-state index >= 15 is 0 Å². The van der Waals surface area contributed by atoms with Crippen molar-refractivity contribution in [3.63, 3.8) is 0 Å². The second-order valence-corrected chi connectivity index (χ2v) is 5.03.